The number of nitro benzene ring substituents is 1. The van der Waals surface area contributed by atoms with Crippen molar-refractivity contribution in [2.24, 2.45) is 0 Å². The molecule has 126 valence electrons. The van der Waals surface area contributed by atoms with Gasteiger partial charge in [0.05, 0.1) is 10.9 Å². The first-order chi connectivity index (χ1) is 11.9. The molecule has 0 unspecified atom stereocenters. The number of hydrogen-bond donors (Lipinski definition) is 0. The van der Waals surface area contributed by atoms with E-state index in [-0.39, 0.29) is 15.8 Å². The third-order valence-corrected chi connectivity index (χ3v) is 4.25. The van der Waals surface area contributed by atoms with Gasteiger partial charge in [0.1, 0.15) is 5.52 Å². The van der Waals surface area contributed by atoms with Crippen LogP contribution in [-0.4, -0.2) is 15.9 Å². The lowest BCUT2D eigenvalue weighted by Crippen LogP contribution is -2.23. The number of para-hydroxylation sites is 2. The van der Waals surface area contributed by atoms with Crippen molar-refractivity contribution in [1.82, 2.24) is 4.98 Å². The molecule has 2 aromatic carbocycles. The number of benzene rings is 2. The number of fused-ring (bicyclic) bond motifs is 1. The van der Waals surface area contributed by atoms with Crippen LogP contribution in [0.25, 0.3) is 17.2 Å². The second kappa shape index (κ2) is 6.78. The molecule has 0 spiro atoms. The van der Waals surface area contributed by atoms with Crippen molar-refractivity contribution in [2.45, 2.75) is 12.1 Å². The predicted octanol–water partition coefficient (Wildman–Crippen LogP) is 2.93. The van der Waals surface area contributed by atoms with E-state index in [1.807, 2.05) is 0 Å². The first kappa shape index (κ1) is 16.7. The summed E-state index contributed by atoms with van der Waals surface area (Å²) in [6, 6.07) is 11.5. The summed E-state index contributed by atoms with van der Waals surface area (Å²) in [5.74, 6) is -1.42. The number of nitro groups is 1. The SMILES string of the molecule is Cc1ccc(/C=C(/Sc2nc3ccccc3o2)C(=O)[O-])cc1[N+](=O)[O-]. The van der Waals surface area contributed by atoms with Crippen LogP contribution in [0.15, 0.2) is 57.0 Å². The molecule has 25 heavy (non-hydrogen) atoms. The highest BCUT2D eigenvalue weighted by Gasteiger charge is 2.13. The van der Waals surface area contributed by atoms with Crippen LogP contribution in [-0.2, 0) is 4.79 Å². The van der Waals surface area contributed by atoms with Gasteiger partial charge in [0, 0.05) is 16.5 Å². The van der Waals surface area contributed by atoms with Gasteiger partial charge >= 0.3 is 0 Å². The highest BCUT2D eigenvalue weighted by Crippen LogP contribution is 2.31. The number of carboxylic acids is 1. The summed E-state index contributed by atoms with van der Waals surface area (Å²) >= 11 is 0.787. The average molecular weight is 355 g/mol. The lowest BCUT2D eigenvalue weighted by Gasteiger charge is -2.06. The number of oxazole rings is 1. The molecule has 0 aliphatic carbocycles. The van der Waals surface area contributed by atoms with Crippen molar-refractivity contribution < 1.29 is 19.2 Å². The second-order valence-corrected chi connectivity index (χ2v) is 6.14. The number of thioether (sulfide) groups is 1. The Labute approximate surface area is 146 Å². The number of aromatic nitrogens is 1. The molecule has 3 rings (SSSR count). The number of carbonyl (C=O) groups excluding carboxylic acids is 1. The fourth-order valence-electron chi connectivity index (χ4n) is 2.18. The lowest BCUT2D eigenvalue weighted by molar-refractivity contribution is -0.385. The van der Waals surface area contributed by atoms with Crippen molar-refractivity contribution in [2.75, 3.05) is 0 Å². The largest absolute Gasteiger partial charge is 0.544 e. The van der Waals surface area contributed by atoms with E-state index in [2.05, 4.69) is 4.98 Å². The van der Waals surface area contributed by atoms with E-state index in [1.165, 1.54) is 12.1 Å². The molecule has 1 heterocycles. The fraction of sp³-hybridized carbons (Fsp3) is 0.0588. The molecule has 0 bridgehead atoms. The van der Waals surface area contributed by atoms with E-state index in [4.69, 9.17) is 4.42 Å². The van der Waals surface area contributed by atoms with Crippen LogP contribution in [0.2, 0.25) is 0 Å². The molecule has 0 aliphatic rings. The number of aryl methyl sites for hydroxylation is 1. The third-order valence-electron chi connectivity index (χ3n) is 3.40. The van der Waals surface area contributed by atoms with Gasteiger partial charge in [-0.05, 0) is 42.5 Å². The summed E-state index contributed by atoms with van der Waals surface area (Å²) < 4.78 is 5.48. The Morgan fingerprint density at radius 2 is 2.04 bits per heavy atom. The molecule has 3 aromatic rings. The van der Waals surface area contributed by atoms with Gasteiger partial charge in [-0.1, -0.05) is 24.3 Å². The maximum Gasteiger partial charge on any atom is 0.272 e. The summed E-state index contributed by atoms with van der Waals surface area (Å²) in [6.45, 7) is 1.61. The third kappa shape index (κ3) is 3.69. The van der Waals surface area contributed by atoms with Crippen LogP contribution in [0.1, 0.15) is 11.1 Å². The maximum atomic E-state index is 11.4. The molecule has 0 N–H and O–H groups in total. The molecule has 0 saturated carbocycles. The van der Waals surface area contributed by atoms with Crippen LogP contribution < -0.4 is 5.11 Å². The zero-order valence-corrected chi connectivity index (χ0v) is 13.8. The number of carboxylic acid groups (broad SMARTS) is 1. The normalized spacial score (nSPS) is 11.6. The van der Waals surface area contributed by atoms with E-state index in [9.17, 15) is 20.0 Å². The molecule has 0 radical (unpaired) electrons. The minimum absolute atomic E-state index is 0.0849. The van der Waals surface area contributed by atoms with E-state index >= 15 is 0 Å². The van der Waals surface area contributed by atoms with E-state index in [0.717, 1.165) is 11.8 Å². The minimum atomic E-state index is -1.42. The van der Waals surface area contributed by atoms with Gasteiger partial charge in [-0.3, -0.25) is 10.1 Å². The zero-order valence-electron chi connectivity index (χ0n) is 13.0. The molecule has 0 saturated heterocycles. The summed E-state index contributed by atoms with van der Waals surface area (Å²) in [4.78, 5) is 25.9. The second-order valence-electron chi connectivity index (χ2n) is 5.15. The maximum absolute atomic E-state index is 11.4. The molecule has 0 aliphatic heterocycles. The highest BCUT2D eigenvalue weighted by molar-refractivity contribution is 8.03. The Hall–Kier alpha value is -3.13. The van der Waals surface area contributed by atoms with Gasteiger partial charge in [0.2, 0.25) is 0 Å². The van der Waals surface area contributed by atoms with Gasteiger partial charge in [-0.2, -0.15) is 0 Å². The Kier molecular flexibility index (Phi) is 4.53. The van der Waals surface area contributed by atoms with Gasteiger partial charge in [0.15, 0.2) is 5.58 Å². The molecule has 0 fully saturated rings. The molecular weight excluding hydrogens is 344 g/mol. The summed E-state index contributed by atoms with van der Waals surface area (Å²) in [7, 11) is 0. The van der Waals surface area contributed by atoms with Crippen molar-refractivity contribution in [3.63, 3.8) is 0 Å². The molecular formula is C17H11N2O5S-. The fourth-order valence-corrected chi connectivity index (χ4v) is 2.93. The summed E-state index contributed by atoms with van der Waals surface area (Å²) in [5, 5.41) is 22.6. The number of rotatable bonds is 5. The van der Waals surface area contributed by atoms with Crippen LogP contribution in [0, 0.1) is 17.0 Å². The van der Waals surface area contributed by atoms with Crippen LogP contribution in [0.3, 0.4) is 0 Å². The molecule has 7 nitrogen and oxygen atoms in total. The first-order valence-corrected chi connectivity index (χ1v) is 7.97. The number of carbonyl (C=O) groups is 1. The van der Waals surface area contributed by atoms with Gasteiger partial charge in [-0.15, -0.1) is 0 Å². The Bertz CT molecular complexity index is 976. The van der Waals surface area contributed by atoms with Crippen LogP contribution in [0.5, 0.6) is 0 Å². The standard InChI is InChI=1S/C17H12N2O5S/c1-10-6-7-11(8-13(10)19(22)23)9-15(16(20)21)25-17-18-12-4-2-3-5-14(12)24-17/h2-9H,1H3,(H,20,21)/p-1/b15-9+. The average Bonchev–Trinajstić information content (AvgIpc) is 2.98. The molecule has 0 atom stereocenters. The zero-order chi connectivity index (χ0) is 18.0. The highest BCUT2D eigenvalue weighted by atomic mass is 32.2. The Morgan fingerprint density at radius 1 is 1.28 bits per heavy atom. The lowest BCUT2D eigenvalue weighted by atomic mass is 10.1. The molecule has 8 heteroatoms. The Balaban J connectivity index is 1.95. The summed E-state index contributed by atoms with van der Waals surface area (Å²) in [6.07, 6.45) is 1.29. The minimum Gasteiger partial charge on any atom is -0.544 e. The molecule has 0 amide bonds. The van der Waals surface area contributed by atoms with Crippen LogP contribution in [0.4, 0.5) is 5.69 Å². The monoisotopic (exact) mass is 355 g/mol. The van der Waals surface area contributed by atoms with Gasteiger partial charge in [-0.25, -0.2) is 4.98 Å². The van der Waals surface area contributed by atoms with Gasteiger partial charge < -0.3 is 14.3 Å². The summed E-state index contributed by atoms with van der Waals surface area (Å²) in [5.41, 5.74) is 1.92. The van der Waals surface area contributed by atoms with Crippen molar-refractivity contribution >= 4 is 40.6 Å². The smallest absolute Gasteiger partial charge is 0.272 e. The van der Waals surface area contributed by atoms with E-state index in [0.29, 0.717) is 22.2 Å². The van der Waals surface area contributed by atoms with Gasteiger partial charge in [0.25, 0.3) is 10.9 Å². The predicted molar refractivity (Wildman–Crippen MR) is 90.7 cm³/mol. The number of aliphatic carboxylic acids is 1. The Morgan fingerprint density at radius 3 is 2.72 bits per heavy atom. The van der Waals surface area contributed by atoms with Crippen LogP contribution >= 0.6 is 11.8 Å². The van der Waals surface area contributed by atoms with E-state index in [1.54, 1.807) is 43.3 Å². The number of hydrogen-bond acceptors (Lipinski definition) is 7. The quantitative estimate of drug-likeness (QED) is 0.299. The topological polar surface area (TPSA) is 109 Å². The van der Waals surface area contributed by atoms with Crippen molar-refractivity contribution in [3.8, 4) is 0 Å². The van der Waals surface area contributed by atoms with Crippen molar-refractivity contribution in [3.05, 3.63) is 68.6 Å². The number of nitrogens with zero attached hydrogens (tertiary/aromatic N) is 2. The molecule has 1 aromatic heterocycles. The van der Waals surface area contributed by atoms with E-state index < -0.39 is 10.9 Å². The van der Waals surface area contributed by atoms with Crippen molar-refractivity contribution in [1.29, 1.82) is 0 Å². The first-order valence-electron chi connectivity index (χ1n) is 7.15.